The van der Waals surface area contributed by atoms with E-state index in [4.69, 9.17) is 0 Å². The Hall–Kier alpha value is -1.35. The Balaban J connectivity index is 1.64. The second-order valence-electron chi connectivity index (χ2n) is 8.62. The average molecular weight is 312 g/mol. The van der Waals surface area contributed by atoms with Gasteiger partial charge in [-0.1, -0.05) is 13.0 Å². The number of phenolic OH excluding ortho intramolecular Hbond substituents is 1. The van der Waals surface area contributed by atoms with Crippen LogP contribution >= 0.6 is 0 Å². The van der Waals surface area contributed by atoms with Crippen LogP contribution in [0.3, 0.4) is 0 Å². The smallest absolute Gasteiger partial charge is 0.165 e. The van der Waals surface area contributed by atoms with Crippen LogP contribution in [0.5, 0.6) is 5.75 Å². The van der Waals surface area contributed by atoms with E-state index in [-0.39, 0.29) is 16.6 Å². The maximum absolute atomic E-state index is 12.6. The van der Waals surface area contributed by atoms with Gasteiger partial charge in [0.1, 0.15) is 11.4 Å². The van der Waals surface area contributed by atoms with Crippen molar-refractivity contribution in [3.05, 3.63) is 29.3 Å². The number of aromatic hydroxyl groups is 1. The summed E-state index contributed by atoms with van der Waals surface area (Å²) in [5.41, 5.74) is 1.37. The summed E-state index contributed by atoms with van der Waals surface area (Å²) in [5, 5.41) is 20.9. The average Bonchev–Trinajstić information content (AvgIpc) is 2.86. The highest BCUT2D eigenvalue weighted by atomic mass is 16.3. The van der Waals surface area contributed by atoms with Gasteiger partial charge in [-0.3, -0.25) is 4.79 Å². The first-order valence-electron chi connectivity index (χ1n) is 8.99. The molecule has 3 fully saturated rings. The van der Waals surface area contributed by atoms with Crippen molar-refractivity contribution in [3.63, 3.8) is 0 Å². The molecule has 0 unspecified atom stereocenters. The van der Waals surface area contributed by atoms with E-state index in [9.17, 15) is 15.0 Å². The minimum absolute atomic E-state index is 0.00265. The molecular formula is C20H24O3. The van der Waals surface area contributed by atoms with Gasteiger partial charge in [0.25, 0.3) is 0 Å². The zero-order chi connectivity index (χ0) is 16.0. The molecule has 0 amide bonds. The summed E-state index contributed by atoms with van der Waals surface area (Å²) in [4.78, 5) is 12.6. The zero-order valence-electron chi connectivity index (χ0n) is 13.6. The molecule has 0 spiro atoms. The Labute approximate surface area is 136 Å². The Kier molecular flexibility index (Phi) is 2.44. The summed E-state index contributed by atoms with van der Waals surface area (Å²) in [7, 11) is 0. The first-order valence-corrected chi connectivity index (χ1v) is 8.99. The lowest BCUT2D eigenvalue weighted by Gasteiger charge is -2.56. The predicted molar refractivity (Wildman–Crippen MR) is 86.2 cm³/mol. The van der Waals surface area contributed by atoms with E-state index in [1.54, 1.807) is 6.07 Å². The first kappa shape index (κ1) is 14.0. The van der Waals surface area contributed by atoms with Gasteiger partial charge in [0.2, 0.25) is 0 Å². The molecule has 23 heavy (non-hydrogen) atoms. The molecule has 0 saturated heterocycles. The minimum Gasteiger partial charge on any atom is -0.508 e. The minimum atomic E-state index is -1.06. The van der Waals surface area contributed by atoms with Crippen molar-refractivity contribution in [1.82, 2.24) is 0 Å². The van der Waals surface area contributed by atoms with Crippen LogP contribution in [0.1, 0.15) is 62.5 Å². The number of hydrogen-bond acceptors (Lipinski definition) is 3. The highest BCUT2D eigenvalue weighted by molar-refractivity contribution is 5.93. The van der Waals surface area contributed by atoms with Crippen molar-refractivity contribution in [2.75, 3.05) is 0 Å². The third kappa shape index (κ3) is 1.36. The maximum Gasteiger partial charge on any atom is 0.165 e. The Bertz CT molecular complexity index is 726. The highest BCUT2D eigenvalue weighted by Gasteiger charge is 2.76. The number of Topliss-reactive ketones (excluding diaryl/α,β-unsaturated/α-hetero) is 1. The van der Waals surface area contributed by atoms with Gasteiger partial charge >= 0.3 is 0 Å². The van der Waals surface area contributed by atoms with Crippen LogP contribution in [0.15, 0.2) is 18.2 Å². The fourth-order valence-corrected chi connectivity index (χ4v) is 7.07. The van der Waals surface area contributed by atoms with Crippen molar-refractivity contribution in [3.8, 4) is 5.75 Å². The van der Waals surface area contributed by atoms with E-state index >= 15 is 0 Å². The standard InChI is InChI=1S/C20H24O3/c1-18-7-6-15-14-4-3-13(21)10-12(14)2-5-16(15)19(18)8-9-20(18,23)17(22)11-19/h3-4,10,15-16,21,23H,2,5-9,11H2,1H3/t15-,16-,18+,19+,20+/m1/s1. The van der Waals surface area contributed by atoms with Gasteiger partial charge in [-0.15, -0.1) is 0 Å². The van der Waals surface area contributed by atoms with Crippen LogP contribution in [0.4, 0.5) is 0 Å². The van der Waals surface area contributed by atoms with Crippen LogP contribution < -0.4 is 0 Å². The van der Waals surface area contributed by atoms with Crippen molar-refractivity contribution >= 4 is 5.78 Å². The number of aliphatic hydroxyl groups is 1. The Morgan fingerprint density at radius 3 is 2.78 bits per heavy atom. The van der Waals surface area contributed by atoms with Gasteiger partial charge in [-0.05, 0) is 79.0 Å². The first-order chi connectivity index (χ1) is 10.9. The van der Waals surface area contributed by atoms with Crippen molar-refractivity contribution < 1.29 is 15.0 Å². The summed E-state index contributed by atoms with van der Waals surface area (Å²) in [5.74, 6) is 1.44. The summed E-state index contributed by atoms with van der Waals surface area (Å²) in [6.07, 6.45) is 6.30. The van der Waals surface area contributed by atoms with Crippen LogP contribution in [-0.2, 0) is 11.2 Å². The molecule has 2 bridgehead atoms. The molecule has 0 heterocycles. The van der Waals surface area contributed by atoms with E-state index in [2.05, 4.69) is 13.0 Å². The summed E-state index contributed by atoms with van der Waals surface area (Å²) >= 11 is 0. The van der Waals surface area contributed by atoms with E-state index in [0.29, 0.717) is 30.4 Å². The molecule has 0 aromatic heterocycles. The van der Waals surface area contributed by atoms with Crippen molar-refractivity contribution in [2.24, 2.45) is 16.7 Å². The van der Waals surface area contributed by atoms with Crippen LogP contribution in [0.25, 0.3) is 0 Å². The van der Waals surface area contributed by atoms with Gasteiger partial charge in [-0.2, -0.15) is 0 Å². The molecule has 5 rings (SSSR count). The lowest BCUT2D eigenvalue weighted by Crippen LogP contribution is -2.52. The SMILES string of the molecule is C[C@]12CC[C@@H]3c4ccc(O)cc4CC[C@H]3[C@@]13CC[C@]2(O)C(=O)C3. The number of benzene rings is 1. The molecule has 4 aliphatic rings. The molecule has 5 atom stereocenters. The molecule has 1 aromatic rings. The molecule has 4 aliphatic carbocycles. The largest absolute Gasteiger partial charge is 0.508 e. The quantitative estimate of drug-likeness (QED) is 0.772. The molecule has 0 aliphatic heterocycles. The third-order valence-electron chi connectivity index (χ3n) is 8.28. The second-order valence-corrected chi connectivity index (χ2v) is 8.62. The number of carbonyl (C=O) groups excluding carboxylic acids is 1. The number of rotatable bonds is 0. The third-order valence-corrected chi connectivity index (χ3v) is 8.28. The molecule has 122 valence electrons. The lowest BCUT2D eigenvalue weighted by atomic mass is 9.48. The number of phenols is 1. The number of carbonyl (C=O) groups is 1. The van der Waals surface area contributed by atoms with Crippen LogP contribution in [0, 0.1) is 16.7 Å². The molecule has 0 radical (unpaired) electrons. The van der Waals surface area contributed by atoms with Crippen molar-refractivity contribution in [1.29, 1.82) is 0 Å². The Morgan fingerprint density at radius 1 is 1.17 bits per heavy atom. The normalized spacial score (nSPS) is 47.1. The molecule has 3 nitrogen and oxygen atoms in total. The topological polar surface area (TPSA) is 57.5 Å². The summed E-state index contributed by atoms with van der Waals surface area (Å²) < 4.78 is 0. The molecule has 2 N–H and O–H groups in total. The zero-order valence-corrected chi connectivity index (χ0v) is 13.6. The van der Waals surface area contributed by atoms with Gasteiger partial charge in [0.15, 0.2) is 5.78 Å². The lowest BCUT2D eigenvalue weighted by molar-refractivity contribution is -0.144. The van der Waals surface area contributed by atoms with E-state index in [1.807, 2.05) is 6.07 Å². The molecular weight excluding hydrogens is 288 g/mol. The predicted octanol–water partition coefficient (Wildman–Crippen LogP) is 3.32. The Morgan fingerprint density at radius 2 is 2.00 bits per heavy atom. The number of aryl methyl sites for hydroxylation is 1. The van der Waals surface area contributed by atoms with Gasteiger partial charge in [0, 0.05) is 11.8 Å². The van der Waals surface area contributed by atoms with E-state index < -0.39 is 5.60 Å². The fourth-order valence-electron chi connectivity index (χ4n) is 7.07. The highest BCUT2D eigenvalue weighted by Crippen LogP contribution is 2.76. The van der Waals surface area contributed by atoms with Crippen LogP contribution in [0.2, 0.25) is 0 Å². The van der Waals surface area contributed by atoms with Gasteiger partial charge in [0.05, 0.1) is 0 Å². The maximum atomic E-state index is 12.6. The van der Waals surface area contributed by atoms with Gasteiger partial charge in [-0.25, -0.2) is 0 Å². The summed E-state index contributed by atoms with van der Waals surface area (Å²) in [6.45, 7) is 2.19. The molecule has 3 heteroatoms. The van der Waals surface area contributed by atoms with Crippen molar-refractivity contribution in [2.45, 2.75) is 63.4 Å². The fraction of sp³-hybridized carbons (Fsp3) is 0.650. The van der Waals surface area contributed by atoms with E-state index in [1.165, 1.54) is 11.1 Å². The second kappa shape index (κ2) is 4.00. The summed E-state index contributed by atoms with van der Waals surface area (Å²) in [6, 6.07) is 5.82. The number of fused-ring (bicyclic) bond motifs is 3. The monoisotopic (exact) mass is 312 g/mol. The van der Waals surface area contributed by atoms with Gasteiger partial charge < -0.3 is 10.2 Å². The number of ketones is 1. The van der Waals surface area contributed by atoms with E-state index in [0.717, 1.165) is 32.1 Å². The molecule has 3 saturated carbocycles. The number of hydrogen-bond donors (Lipinski definition) is 2. The van der Waals surface area contributed by atoms with Crippen LogP contribution in [-0.4, -0.2) is 21.6 Å². The molecule has 1 aromatic carbocycles.